The molecular formula is C38H44O12. The molecule has 1 saturated carbocycles. The number of carbonyl (C=O) groups is 6. The summed E-state index contributed by atoms with van der Waals surface area (Å²) in [5, 5.41) is 19.0. The molecule has 5 heterocycles. The van der Waals surface area contributed by atoms with E-state index in [1.54, 1.807) is 0 Å². The second kappa shape index (κ2) is 12.2. The Kier molecular flexibility index (Phi) is 8.46. The first-order valence-electron chi connectivity index (χ1n) is 17.9. The van der Waals surface area contributed by atoms with Gasteiger partial charge in [0.2, 0.25) is 0 Å². The lowest BCUT2D eigenvalue weighted by Gasteiger charge is -2.63. The summed E-state index contributed by atoms with van der Waals surface area (Å²) < 4.78 is 25.1. The highest BCUT2D eigenvalue weighted by atomic mass is 16.6. The minimum absolute atomic E-state index is 0.00135. The van der Waals surface area contributed by atoms with E-state index in [4.69, 9.17) is 18.9 Å². The number of hydrogen-bond donors (Lipinski definition) is 2. The van der Waals surface area contributed by atoms with Crippen LogP contribution in [0.5, 0.6) is 0 Å². The van der Waals surface area contributed by atoms with Gasteiger partial charge in [-0.3, -0.25) is 19.2 Å². The molecule has 0 radical (unpaired) electrons. The number of fused-ring (bicyclic) bond motifs is 3. The number of carbonyl (C=O) groups excluding carboxylic acids is 4. The molecule has 3 saturated heterocycles. The molecule has 12 nitrogen and oxygen atoms in total. The van der Waals surface area contributed by atoms with Gasteiger partial charge in [0.15, 0.2) is 46.5 Å². The van der Waals surface area contributed by atoms with E-state index in [9.17, 15) is 34.2 Å². The lowest BCUT2D eigenvalue weighted by atomic mass is 9.43. The highest BCUT2D eigenvalue weighted by Crippen LogP contribution is 2.70. The van der Waals surface area contributed by atoms with Crippen molar-refractivity contribution >= 4 is 35.1 Å². The van der Waals surface area contributed by atoms with E-state index < -0.39 is 94.0 Å². The van der Waals surface area contributed by atoms with Crippen molar-refractivity contribution in [3.63, 3.8) is 0 Å². The normalized spacial score (nSPS) is 39.5. The fraction of sp³-hybridized carbons (Fsp3) is 0.632. The smallest absolute Gasteiger partial charge is 0.330 e. The van der Waals surface area contributed by atoms with E-state index >= 15 is 4.79 Å². The van der Waals surface area contributed by atoms with Gasteiger partial charge in [0.25, 0.3) is 0 Å². The third kappa shape index (κ3) is 4.66. The van der Waals surface area contributed by atoms with Crippen LogP contribution >= 0.6 is 0 Å². The van der Waals surface area contributed by atoms with Gasteiger partial charge < -0.3 is 29.2 Å². The van der Waals surface area contributed by atoms with E-state index in [2.05, 4.69) is 13.8 Å². The summed E-state index contributed by atoms with van der Waals surface area (Å²) in [6.45, 7) is 6.96. The summed E-state index contributed by atoms with van der Waals surface area (Å²) in [6.07, 6.45) is 5.37. The van der Waals surface area contributed by atoms with Crippen molar-refractivity contribution in [1.29, 1.82) is 0 Å². The zero-order valence-electron chi connectivity index (χ0n) is 28.8. The van der Waals surface area contributed by atoms with Crippen LogP contribution in [0.15, 0.2) is 46.3 Å². The van der Waals surface area contributed by atoms with Crippen molar-refractivity contribution in [2.24, 2.45) is 17.3 Å². The summed E-state index contributed by atoms with van der Waals surface area (Å²) in [7, 11) is 0. The van der Waals surface area contributed by atoms with Gasteiger partial charge in [-0.05, 0) is 33.1 Å². The van der Waals surface area contributed by atoms with Gasteiger partial charge in [0.1, 0.15) is 17.6 Å². The van der Waals surface area contributed by atoms with Crippen molar-refractivity contribution < 1.29 is 57.9 Å². The average Bonchev–Trinajstić information content (AvgIpc) is 4.02. The number of hydrogen-bond acceptors (Lipinski definition) is 10. The van der Waals surface area contributed by atoms with Crippen LogP contribution in [-0.4, -0.2) is 87.0 Å². The lowest BCUT2D eigenvalue weighted by Crippen LogP contribution is -2.74. The van der Waals surface area contributed by atoms with E-state index in [0.717, 1.165) is 38.5 Å². The number of epoxide rings is 2. The van der Waals surface area contributed by atoms with E-state index in [-0.39, 0.29) is 40.7 Å². The van der Waals surface area contributed by atoms with Crippen LogP contribution in [0.25, 0.3) is 0 Å². The molecule has 0 aromatic carbocycles. The third-order valence-corrected chi connectivity index (χ3v) is 12.2. The van der Waals surface area contributed by atoms with Crippen molar-refractivity contribution in [2.45, 2.75) is 134 Å². The molecular weight excluding hydrogens is 648 g/mol. The van der Waals surface area contributed by atoms with Crippen molar-refractivity contribution in [3.8, 4) is 0 Å². The van der Waals surface area contributed by atoms with Gasteiger partial charge in [-0.15, -0.1) is 0 Å². The third-order valence-electron chi connectivity index (χ3n) is 12.2. The molecule has 4 fully saturated rings. The molecule has 2 bridgehead atoms. The number of Topliss-reactive ketones (excluding diaryl/α,β-unsaturated/α-hetero) is 4. The maximum atomic E-state index is 15.4. The van der Waals surface area contributed by atoms with Crippen LogP contribution in [0, 0.1) is 17.3 Å². The Hall–Kier alpha value is -3.74. The Morgan fingerprint density at radius 2 is 1.32 bits per heavy atom. The van der Waals surface area contributed by atoms with Crippen LogP contribution in [0.3, 0.4) is 0 Å². The highest BCUT2D eigenvalue weighted by Gasteiger charge is 2.85. The molecule has 3 aliphatic carbocycles. The minimum atomic E-state index is -1.71. The first-order chi connectivity index (χ1) is 23.8. The second-order valence-electron chi connectivity index (χ2n) is 15.0. The maximum Gasteiger partial charge on any atom is 0.330 e. The van der Waals surface area contributed by atoms with E-state index in [1.807, 2.05) is 0 Å². The number of carboxylic acids is 2. The fourth-order valence-electron chi connectivity index (χ4n) is 9.47. The molecule has 1 unspecified atom stereocenters. The summed E-state index contributed by atoms with van der Waals surface area (Å²) in [5.74, 6) is -5.70. The molecule has 0 aromatic rings. The SMILES string of the molecule is CCCCC[C@@H]1OC2C3=C(C(=O)[C@@]4(C/C=C(\C)C(=O)O)O[C@H]4C3=O)[C@H]1[C@@H]1[C@@H](CCCCC)OC=C3C(=O)[C@@H]4O[C@]4(C/C=C(\C)C(=O)O)C(=O)[C@]321. The Labute approximate surface area is 289 Å². The average molecular weight is 693 g/mol. The first-order valence-corrected chi connectivity index (χ1v) is 17.9. The van der Waals surface area contributed by atoms with Gasteiger partial charge in [-0.25, -0.2) is 9.59 Å². The molecule has 8 rings (SSSR count). The largest absolute Gasteiger partial charge is 0.497 e. The first kappa shape index (κ1) is 34.7. The van der Waals surface area contributed by atoms with E-state index in [1.165, 1.54) is 32.3 Å². The Morgan fingerprint density at radius 3 is 1.92 bits per heavy atom. The summed E-state index contributed by atoms with van der Waals surface area (Å²) >= 11 is 0. The van der Waals surface area contributed by atoms with Gasteiger partial charge in [-0.1, -0.05) is 58.1 Å². The van der Waals surface area contributed by atoms with Crippen LogP contribution in [-0.2, 0) is 47.7 Å². The predicted molar refractivity (Wildman–Crippen MR) is 174 cm³/mol. The second-order valence-corrected chi connectivity index (χ2v) is 15.0. The quantitative estimate of drug-likeness (QED) is 0.151. The van der Waals surface area contributed by atoms with E-state index in [0.29, 0.717) is 12.8 Å². The number of aliphatic carboxylic acids is 2. The van der Waals surface area contributed by atoms with Crippen LogP contribution in [0.4, 0.5) is 0 Å². The molecule has 1 spiro atoms. The standard InChI is InChI=1S/C38H44O12/c1-5-7-9-11-21-23-24-25(28(40)32-36(49-32,29(24)41)15-13-18(3)33(42)43)30(48-21)38-20(17-47-22(26(23)38)12-10-8-6-2)27(39)31-37(50-31,35(38)46)16-14-19(4)34(44)45/h13-14,17,21-23,26,30-32H,5-12,15-16H2,1-4H3,(H,42,43)(H,44,45)/b18-13+,19-14+/t21-,22+,23-,26-,30?,31-,32-,36+,37-,38-/m0/s1. The molecule has 12 heteroatoms. The number of ketones is 4. The maximum absolute atomic E-state index is 15.4. The molecule has 5 aliphatic heterocycles. The van der Waals surface area contributed by atoms with Crippen LogP contribution in [0.1, 0.15) is 91.9 Å². The molecule has 0 amide bonds. The number of ether oxygens (including phenoxy) is 4. The molecule has 268 valence electrons. The van der Waals surface area contributed by atoms with Crippen LogP contribution in [0.2, 0.25) is 0 Å². The lowest BCUT2D eigenvalue weighted by molar-refractivity contribution is -0.213. The zero-order chi connectivity index (χ0) is 35.9. The Balaban J connectivity index is 1.41. The zero-order valence-corrected chi connectivity index (χ0v) is 28.8. The molecule has 0 aromatic heterocycles. The molecule has 2 N–H and O–H groups in total. The Bertz CT molecular complexity index is 1710. The number of unbranched alkanes of at least 4 members (excludes halogenated alkanes) is 4. The Morgan fingerprint density at radius 1 is 0.760 bits per heavy atom. The number of rotatable bonds is 14. The number of carboxylic acid groups (broad SMARTS) is 2. The predicted octanol–water partition coefficient (Wildman–Crippen LogP) is 4.15. The summed E-state index contributed by atoms with van der Waals surface area (Å²) in [4.78, 5) is 82.2. The molecule has 10 atom stereocenters. The molecule has 8 aliphatic rings. The summed E-state index contributed by atoms with van der Waals surface area (Å²) in [6, 6.07) is 0. The fourth-order valence-corrected chi connectivity index (χ4v) is 9.47. The topological polar surface area (TPSA) is 186 Å². The van der Waals surface area contributed by atoms with Crippen molar-refractivity contribution in [2.75, 3.05) is 0 Å². The minimum Gasteiger partial charge on any atom is -0.497 e. The highest BCUT2D eigenvalue weighted by molar-refractivity contribution is 6.25. The van der Waals surface area contributed by atoms with Gasteiger partial charge >= 0.3 is 11.9 Å². The van der Waals surface area contributed by atoms with Gasteiger partial charge in [-0.2, -0.15) is 0 Å². The monoisotopic (exact) mass is 692 g/mol. The van der Waals surface area contributed by atoms with Crippen molar-refractivity contribution in [3.05, 3.63) is 46.3 Å². The molecule has 50 heavy (non-hydrogen) atoms. The van der Waals surface area contributed by atoms with Crippen LogP contribution < -0.4 is 0 Å². The van der Waals surface area contributed by atoms with Crippen molar-refractivity contribution in [1.82, 2.24) is 0 Å². The van der Waals surface area contributed by atoms with Gasteiger partial charge in [0.05, 0.1) is 12.4 Å². The van der Waals surface area contributed by atoms with Gasteiger partial charge in [0, 0.05) is 52.5 Å². The summed E-state index contributed by atoms with van der Waals surface area (Å²) in [5.41, 5.74) is -4.51.